The van der Waals surface area contributed by atoms with Crippen molar-refractivity contribution in [3.05, 3.63) is 0 Å². The average Bonchev–Trinajstić information content (AvgIpc) is 3.22. The molecule has 6 unspecified atom stereocenters. The van der Waals surface area contributed by atoms with E-state index in [9.17, 15) is 28.8 Å². The number of carbonyl (C=O) groups excluding carboxylic acids is 5. The topological polar surface area (TPSA) is 258 Å². The normalized spacial score (nSPS) is 19.6. The Bertz CT molecular complexity index is 930. The zero-order chi connectivity index (χ0) is 31.3. The summed E-state index contributed by atoms with van der Waals surface area (Å²) in [6, 6.07) is -4.83. The van der Waals surface area contributed by atoms with Gasteiger partial charge in [0, 0.05) is 0 Å². The Morgan fingerprint density at radius 3 is 1.93 bits per heavy atom. The Balaban J connectivity index is 2.99. The lowest BCUT2D eigenvalue weighted by molar-refractivity contribution is -0.146. The van der Waals surface area contributed by atoms with E-state index in [-0.39, 0.29) is 25.3 Å². The second kappa shape index (κ2) is 17.5. The highest BCUT2D eigenvalue weighted by atomic mass is 16.6. The average molecular weight is 586 g/mol. The summed E-state index contributed by atoms with van der Waals surface area (Å²) in [7, 11) is 0. The molecule has 234 valence electrons. The molecule has 0 aliphatic carbocycles. The van der Waals surface area contributed by atoms with Crippen molar-refractivity contribution in [1.29, 1.82) is 0 Å². The summed E-state index contributed by atoms with van der Waals surface area (Å²) >= 11 is 0. The fourth-order valence-electron chi connectivity index (χ4n) is 4.29. The van der Waals surface area contributed by atoms with Crippen molar-refractivity contribution in [3.8, 4) is 0 Å². The SMILES string of the molecule is CC(C)C(NC(=O)C(N)CCCN)C(=O)NC(CCCN)C(=O)NC(C(=O)NC1CC(=O)OC1CC(=O)O)C(C)C. The maximum Gasteiger partial charge on any atom is 0.308 e. The van der Waals surface area contributed by atoms with Gasteiger partial charge in [0.25, 0.3) is 0 Å². The van der Waals surface area contributed by atoms with Crippen LogP contribution in [0.4, 0.5) is 0 Å². The third-order valence-corrected chi connectivity index (χ3v) is 6.70. The maximum absolute atomic E-state index is 13.3. The van der Waals surface area contributed by atoms with Crippen molar-refractivity contribution < 1.29 is 38.6 Å². The Morgan fingerprint density at radius 2 is 1.39 bits per heavy atom. The van der Waals surface area contributed by atoms with Crippen LogP contribution in [0.1, 0.15) is 66.2 Å². The summed E-state index contributed by atoms with van der Waals surface area (Å²) in [4.78, 5) is 75.0. The highest BCUT2D eigenvalue weighted by Crippen LogP contribution is 2.19. The fourth-order valence-corrected chi connectivity index (χ4v) is 4.29. The molecule has 15 nitrogen and oxygen atoms in total. The quantitative estimate of drug-likeness (QED) is 0.0803. The molecule has 0 spiro atoms. The third kappa shape index (κ3) is 12.0. The van der Waals surface area contributed by atoms with Gasteiger partial charge in [-0.3, -0.25) is 28.8 Å². The Kier molecular flexibility index (Phi) is 15.2. The molecule has 0 saturated carbocycles. The molecular weight excluding hydrogens is 538 g/mol. The number of carbonyl (C=O) groups is 6. The molecular formula is C26H47N7O8. The number of carboxylic acids is 1. The number of rotatable bonds is 18. The zero-order valence-corrected chi connectivity index (χ0v) is 24.3. The first kappa shape index (κ1) is 35.7. The first-order valence-electron chi connectivity index (χ1n) is 14.0. The molecule has 0 aromatic heterocycles. The predicted molar refractivity (Wildman–Crippen MR) is 149 cm³/mol. The molecule has 1 fully saturated rings. The fraction of sp³-hybridized carbons (Fsp3) is 0.769. The first-order chi connectivity index (χ1) is 19.2. The largest absolute Gasteiger partial charge is 0.481 e. The van der Waals surface area contributed by atoms with Crippen LogP contribution in [0.25, 0.3) is 0 Å². The lowest BCUT2D eigenvalue weighted by atomic mass is 9.99. The summed E-state index contributed by atoms with van der Waals surface area (Å²) in [6.07, 6.45) is -0.255. The number of ether oxygens (including phenoxy) is 1. The van der Waals surface area contributed by atoms with Gasteiger partial charge in [0.2, 0.25) is 23.6 Å². The van der Waals surface area contributed by atoms with Crippen LogP contribution < -0.4 is 38.5 Å². The molecule has 1 aliphatic heterocycles. The van der Waals surface area contributed by atoms with Crippen LogP contribution in [0, 0.1) is 11.8 Å². The molecule has 1 rings (SSSR count). The van der Waals surface area contributed by atoms with Gasteiger partial charge in [0.15, 0.2) is 0 Å². The minimum absolute atomic E-state index is 0.168. The molecule has 41 heavy (non-hydrogen) atoms. The number of hydrogen-bond acceptors (Lipinski definition) is 10. The van der Waals surface area contributed by atoms with Crippen molar-refractivity contribution in [1.82, 2.24) is 21.3 Å². The number of esters is 1. The van der Waals surface area contributed by atoms with E-state index in [0.717, 1.165) is 0 Å². The van der Waals surface area contributed by atoms with Crippen LogP contribution in [0.15, 0.2) is 0 Å². The number of carboxylic acid groups (broad SMARTS) is 1. The van der Waals surface area contributed by atoms with Gasteiger partial charge in [-0.1, -0.05) is 27.7 Å². The second-order valence-corrected chi connectivity index (χ2v) is 10.9. The monoisotopic (exact) mass is 585 g/mol. The summed E-state index contributed by atoms with van der Waals surface area (Å²) in [5.41, 5.74) is 17.0. The van der Waals surface area contributed by atoms with E-state index >= 15 is 0 Å². The molecule has 0 bridgehead atoms. The van der Waals surface area contributed by atoms with Gasteiger partial charge in [-0.15, -0.1) is 0 Å². The molecule has 11 N–H and O–H groups in total. The molecule has 0 aromatic carbocycles. The van der Waals surface area contributed by atoms with E-state index in [1.54, 1.807) is 27.7 Å². The number of nitrogens with two attached hydrogens (primary N) is 3. The minimum atomic E-state index is -1.19. The lowest BCUT2D eigenvalue weighted by Gasteiger charge is -2.29. The molecule has 1 heterocycles. The number of aliphatic carboxylic acids is 1. The van der Waals surface area contributed by atoms with Crippen LogP contribution in [0.3, 0.4) is 0 Å². The van der Waals surface area contributed by atoms with Gasteiger partial charge in [-0.25, -0.2) is 0 Å². The van der Waals surface area contributed by atoms with Crippen LogP contribution in [0.2, 0.25) is 0 Å². The van der Waals surface area contributed by atoms with Gasteiger partial charge < -0.3 is 48.3 Å². The number of hydrogen-bond donors (Lipinski definition) is 8. The van der Waals surface area contributed by atoms with Crippen molar-refractivity contribution in [2.75, 3.05) is 13.1 Å². The van der Waals surface area contributed by atoms with Crippen molar-refractivity contribution in [2.24, 2.45) is 29.0 Å². The third-order valence-electron chi connectivity index (χ3n) is 6.70. The van der Waals surface area contributed by atoms with Crippen LogP contribution in [0.5, 0.6) is 0 Å². The van der Waals surface area contributed by atoms with Gasteiger partial charge in [0.1, 0.15) is 24.2 Å². The first-order valence-corrected chi connectivity index (χ1v) is 14.0. The summed E-state index contributed by atoms with van der Waals surface area (Å²) in [6.45, 7) is 7.48. The Hall–Kier alpha value is -3.30. The molecule has 6 atom stereocenters. The van der Waals surface area contributed by atoms with Gasteiger partial charge in [-0.2, -0.15) is 0 Å². The summed E-state index contributed by atoms with van der Waals surface area (Å²) in [5, 5.41) is 19.7. The van der Waals surface area contributed by atoms with E-state index in [2.05, 4.69) is 21.3 Å². The van der Waals surface area contributed by atoms with E-state index in [1.807, 2.05) is 0 Å². The lowest BCUT2D eigenvalue weighted by Crippen LogP contribution is -2.60. The van der Waals surface area contributed by atoms with Crippen LogP contribution in [-0.2, 0) is 33.5 Å². The van der Waals surface area contributed by atoms with E-state index in [1.165, 1.54) is 0 Å². The van der Waals surface area contributed by atoms with Gasteiger partial charge in [-0.05, 0) is 50.6 Å². The van der Waals surface area contributed by atoms with Crippen molar-refractivity contribution in [2.45, 2.75) is 103 Å². The summed E-state index contributed by atoms with van der Waals surface area (Å²) in [5.74, 6) is -4.94. The smallest absolute Gasteiger partial charge is 0.308 e. The number of amides is 4. The Morgan fingerprint density at radius 1 is 0.854 bits per heavy atom. The van der Waals surface area contributed by atoms with Crippen LogP contribution in [-0.4, -0.2) is 90.1 Å². The zero-order valence-electron chi connectivity index (χ0n) is 24.3. The predicted octanol–water partition coefficient (Wildman–Crippen LogP) is -2.17. The molecule has 1 saturated heterocycles. The van der Waals surface area contributed by atoms with E-state index in [4.69, 9.17) is 27.0 Å². The maximum atomic E-state index is 13.3. The standard InChI is InChI=1S/C26H47N7O8/c1-13(2)21(32-23(37)15(29)7-5-9-27)25(39)30-16(8-6-10-28)24(38)33-22(14(3)4)26(40)31-17-11-20(36)41-18(17)12-19(34)35/h13-18,21-22H,5-12,27-29H2,1-4H3,(H,30,39)(H,31,40)(H,32,37)(H,33,38)(H,34,35). The van der Waals surface area contributed by atoms with Crippen LogP contribution >= 0.6 is 0 Å². The second-order valence-electron chi connectivity index (χ2n) is 10.9. The highest BCUT2D eigenvalue weighted by molar-refractivity contribution is 5.95. The molecule has 0 aromatic rings. The Labute approximate surface area is 240 Å². The van der Waals surface area contributed by atoms with Crippen molar-refractivity contribution >= 4 is 35.6 Å². The molecule has 0 radical (unpaired) electrons. The van der Waals surface area contributed by atoms with Gasteiger partial charge >= 0.3 is 11.9 Å². The molecule has 4 amide bonds. The number of cyclic esters (lactones) is 1. The molecule has 1 aliphatic rings. The minimum Gasteiger partial charge on any atom is -0.481 e. The van der Waals surface area contributed by atoms with Gasteiger partial charge in [0.05, 0.1) is 24.9 Å². The summed E-state index contributed by atoms with van der Waals surface area (Å²) < 4.78 is 5.01. The molecule has 15 heteroatoms. The van der Waals surface area contributed by atoms with Crippen molar-refractivity contribution in [3.63, 3.8) is 0 Å². The number of nitrogens with one attached hydrogen (secondary N) is 4. The van der Waals surface area contributed by atoms with E-state index < -0.39 is 84.2 Å². The van der Waals surface area contributed by atoms with E-state index in [0.29, 0.717) is 25.8 Å². The highest BCUT2D eigenvalue weighted by Gasteiger charge is 2.39.